The maximum Gasteiger partial charge on any atom is 0.130 e. The first-order chi connectivity index (χ1) is 8.60. The Balaban J connectivity index is 2.36. The average molecular weight is 272 g/mol. The number of hydrogen-bond donors (Lipinski definition) is 2. The van der Waals surface area contributed by atoms with E-state index in [1.165, 1.54) is 6.07 Å². The van der Waals surface area contributed by atoms with Gasteiger partial charge in [-0.1, -0.05) is 36.9 Å². The number of rotatable bonds is 3. The molecule has 1 fully saturated rings. The Hall–Kier alpha value is -0.640. The number of halogens is 2. The van der Waals surface area contributed by atoms with Gasteiger partial charge in [0.25, 0.3) is 0 Å². The number of aliphatic hydroxyl groups excluding tert-OH is 1. The van der Waals surface area contributed by atoms with Crippen LogP contribution in [0.2, 0.25) is 5.02 Å². The molecule has 0 heterocycles. The smallest absolute Gasteiger partial charge is 0.130 e. The summed E-state index contributed by atoms with van der Waals surface area (Å²) in [5.74, 6) is -0.451. The highest BCUT2D eigenvalue weighted by atomic mass is 35.5. The van der Waals surface area contributed by atoms with Crippen LogP contribution in [-0.4, -0.2) is 11.7 Å². The molecule has 1 saturated carbocycles. The molecule has 1 aliphatic rings. The van der Waals surface area contributed by atoms with Crippen LogP contribution in [0.4, 0.5) is 4.39 Å². The quantitative estimate of drug-likeness (QED) is 0.885. The molecule has 2 nitrogen and oxygen atoms in total. The van der Waals surface area contributed by atoms with Gasteiger partial charge in [-0.15, -0.1) is 0 Å². The van der Waals surface area contributed by atoms with E-state index in [2.05, 4.69) is 0 Å². The predicted molar refractivity (Wildman–Crippen MR) is 70.9 cm³/mol. The van der Waals surface area contributed by atoms with E-state index in [4.69, 9.17) is 17.3 Å². The molecule has 0 saturated heterocycles. The van der Waals surface area contributed by atoms with E-state index < -0.39 is 17.3 Å². The summed E-state index contributed by atoms with van der Waals surface area (Å²) < 4.78 is 13.9. The van der Waals surface area contributed by atoms with Gasteiger partial charge < -0.3 is 10.8 Å². The first kappa shape index (κ1) is 13.8. The lowest BCUT2D eigenvalue weighted by Gasteiger charge is -2.40. The van der Waals surface area contributed by atoms with Crippen molar-refractivity contribution in [1.82, 2.24) is 0 Å². The van der Waals surface area contributed by atoms with Crippen molar-refractivity contribution in [2.75, 3.05) is 6.54 Å². The molecular formula is C14H19ClFNO. The summed E-state index contributed by atoms with van der Waals surface area (Å²) in [7, 11) is 0. The van der Waals surface area contributed by atoms with Crippen molar-refractivity contribution >= 4 is 11.6 Å². The average Bonchev–Trinajstić information content (AvgIpc) is 2.39. The third-order valence-corrected chi connectivity index (χ3v) is 4.44. The summed E-state index contributed by atoms with van der Waals surface area (Å²) in [4.78, 5) is 0. The molecular weight excluding hydrogens is 253 g/mol. The molecule has 1 aliphatic carbocycles. The van der Waals surface area contributed by atoms with Crippen molar-refractivity contribution in [3.05, 3.63) is 34.6 Å². The second-order valence-electron chi connectivity index (χ2n) is 5.17. The lowest BCUT2D eigenvalue weighted by Crippen LogP contribution is -2.39. The third-order valence-electron chi connectivity index (χ3n) is 4.11. The van der Waals surface area contributed by atoms with Crippen molar-refractivity contribution < 1.29 is 9.50 Å². The Morgan fingerprint density at radius 2 is 2.00 bits per heavy atom. The van der Waals surface area contributed by atoms with Crippen LogP contribution in [0.15, 0.2) is 18.2 Å². The fourth-order valence-corrected chi connectivity index (χ4v) is 3.19. The monoisotopic (exact) mass is 271 g/mol. The van der Waals surface area contributed by atoms with E-state index in [1.807, 2.05) is 0 Å². The van der Waals surface area contributed by atoms with Crippen LogP contribution in [0.1, 0.15) is 43.8 Å². The lowest BCUT2D eigenvalue weighted by molar-refractivity contribution is -0.00146. The predicted octanol–water partition coefficient (Wildman–Crippen LogP) is 3.42. The number of nitrogens with two attached hydrogens (primary N) is 1. The molecule has 1 unspecified atom stereocenters. The SMILES string of the molecule is NCC1(C(O)c2c(F)cccc2Cl)CCCCC1. The Morgan fingerprint density at radius 3 is 2.56 bits per heavy atom. The van der Waals surface area contributed by atoms with Crippen LogP contribution in [-0.2, 0) is 0 Å². The Kier molecular flexibility index (Phi) is 4.25. The van der Waals surface area contributed by atoms with Crippen LogP contribution >= 0.6 is 11.6 Å². The molecule has 0 aliphatic heterocycles. The lowest BCUT2D eigenvalue weighted by atomic mass is 9.68. The summed E-state index contributed by atoms with van der Waals surface area (Å²) in [6, 6.07) is 4.48. The molecule has 0 aromatic heterocycles. The highest BCUT2D eigenvalue weighted by molar-refractivity contribution is 6.31. The summed E-state index contributed by atoms with van der Waals surface area (Å²) in [6.07, 6.45) is 3.95. The van der Waals surface area contributed by atoms with Crippen molar-refractivity contribution in [1.29, 1.82) is 0 Å². The number of benzene rings is 1. The zero-order valence-electron chi connectivity index (χ0n) is 10.3. The number of hydrogen-bond acceptors (Lipinski definition) is 2. The van der Waals surface area contributed by atoms with Crippen LogP contribution < -0.4 is 5.73 Å². The second kappa shape index (κ2) is 5.55. The molecule has 18 heavy (non-hydrogen) atoms. The van der Waals surface area contributed by atoms with Gasteiger partial charge in [-0.2, -0.15) is 0 Å². The van der Waals surface area contributed by atoms with Crippen LogP contribution in [0, 0.1) is 11.2 Å². The molecule has 1 aromatic carbocycles. The van der Waals surface area contributed by atoms with Crippen LogP contribution in [0.25, 0.3) is 0 Å². The molecule has 1 aromatic rings. The third kappa shape index (κ3) is 2.40. The Bertz CT molecular complexity index is 398. The molecule has 0 bridgehead atoms. The van der Waals surface area contributed by atoms with Gasteiger partial charge in [0, 0.05) is 22.5 Å². The normalized spacial score (nSPS) is 20.7. The van der Waals surface area contributed by atoms with E-state index in [0.717, 1.165) is 32.1 Å². The van der Waals surface area contributed by atoms with E-state index in [1.54, 1.807) is 12.1 Å². The minimum absolute atomic E-state index is 0.200. The first-order valence-electron chi connectivity index (χ1n) is 6.43. The summed E-state index contributed by atoms with van der Waals surface area (Å²) in [6.45, 7) is 0.360. The fourth-order valence-electron chi connectivity index (χ4n) is 2.92. The van der Waals surface area contributed by atoms with Gasteiger partial charge in [0.1, 0.15) is 5.82 Å². The van der Waals surface area contributed by atoms with Crippen molar-refractivity contribution in [3.8, 4) is 0 Å². The van der Waals surface area contributed by atoms with Gasteiger partial charge in [0.05, 0.1) is 6.10 Å². The highest BCUT2D eigenvalue weighted by Gasteiger charge is 2.40. The molecule has 0 spiro atoms. The van der Waals surface area contributed by atoms with E-state index in [0.29, 0.717) is 6.54 Å². The molecule has 0 radical (unpaired) electrons. The minimum Gasteiger partial charge on any atom is -0.388 e. The van der Waals surface area contributed by atoms with E-state index >= 15 is 0 Å². The first-order valence-corrected chi connectivity index (χ1v) is 6.80. The highest BCUT2D eigenvalue weighted by Crippen LogP contribution is 2.47. The maximum atomic E-state index is 13.9. The minimum atomic E-state index is -0.920. The topological polar surface area (TPSA) is 46.2 Å². The van der Waals surface area contributed by atoms with Gasteiger partial charge in [-0.05, 0) is 25.0 Å². The summed E-state index contributed by atoms with van der Waals surface area (Å²) in [5, 5.41) is 10.8. The molecule has 0 amide bonds. The molecule has 3 N–H and O–H groups in total. The van der Waals surface area contributed by atoms with Gasteiger partial charge in [-0.25, -0.2) is 4.39 Å². The second-order valence-corrected chi connectivity index (χ2v) is 5.57. The Morgan fingerprint density at radius 1 is 1.33 bits per heavy atom. The van der Waals surface area contributed by atoms with Gasteiger partial charge in [-0.3, -0.25) is 0 Å². The number of aliphatic hydroxyl groups is 1. The molecule has 1 atom stereocenters. The standard InChI is InChI=1S/C14H19ClFNO/c15-10-5-4-6-11(16)12(10)13(18)14(9-17)7-2-1-3-8-14/h4-6,13,18H,1-3,7-9,17H2. The van der Waals surface area contributed by atoms with Gasteiger partial charge in [0.2, 0.25) is 0 Å². The summed E-state index contributed by atoms with van der Waals surface area (Å²) >= 11 is 6.02. The molecule has 4 heteroatoms. The van der Waals surface area contributed by atoms with Crippen molar-refractivity contribution in [2.45, 2.75) is 38.2 Å². The Labute approximate surface area is 112 Å². The van der Waals surface area contributed by atoms with Crippen molar-refractivity contribution in [2.24, 2.45) is 11.1 Å². The van der Waals surface area contributed by atoms with Crippen LogP contribution in [0.5, 0.6) is 0 Å². The fraction of sp³-hybridized carbons (Fsp3) is 0.571. The maximum absolute atomic E-state index is 13.9. The summed E-state index contributed by atoms with van der Waals surface area (Å²) in [5.41, 5.74) is 5.63. The molecule has 100 valence electrons. The van der Waals surface area contributed by atoms with Gasteiger partial charge >= 0.3 is 0 Å². The van der Waals surface area contributed by atoms with Crippen LogP contribution in [0.3, 0.4) is 0 Å². The molecule has 2 rings (SSSR count). The van der Waals surface area contributed by atoms with Gasteiger partial charge in [0.15, 0.2) is 0 Å². The van der Waals surface area contributed by atoms with Crippen molar-refractivity contribution in [3.63, 3.8) is 0 Å². The largest absolute Gasteiger partial charge is 0.388 e. The van der Waals surface area contributed by atoms with E-state index in [9.17, 15) is 9.50 Å². The zero-order valence-corrected chi connectivity index (χ0v) is 11.1. The van der Waals surface area contributed by atoms with E-state index in [-0.39, 0.29) is 10.6 Å². The zero-order chi connectivity index (χ0) is 13.2.